The summed E-state index contributed by atoms with van der Waals surface area (Å²) in [6.07, 6.45) is 1.56. The highest BCUT2D eigenvalue weighted by atomic mass is 35.5. The number of hydrogen-bond acceptors (Lipinski definition) is 5. The van der Waals surface area contributed by atoms with Crippen molar-refractivity contribution in [3.8, 4) is 0 Å². The lowest BCUT2D eigenvalue weighted by Crippen LogP contribution is -2.09. The molecule has 0 aliphatic rings. The Morgan fingerprint density at radius 2 is 2.32 bits per heavy atom. The molecule has 8 heteroatoms. The van der Waals surface area contributed by atoms with Gasteiger partial charge in [0.1, 0.15) is 6.33 Å². The predicted octanol–water partition coefficient (Wildman–Crippen LogP) is 1.36. The van der Waals surface area contributed by atoms with Crippen LogP contribution >= 0.6 is 11.6 Å². The van der Waals surface area contributed by atoms with Gasteiger partial charge >= 0.3 is 5.97 Å². The Morgan fingerprint density at radius 1 is 1.58 bits per heavy atom. The summed E-state index contributed by atoms with van der Waals surface area (Å²) in [7, 11) is 1.75. The second-order valence-electron chi connectivity index (χ2n) is 3.92. The molecule has 0 spiro atoms. The molecule has 1 aromatic carbocycles. The lowest BCUT2D eigenvalue weighted by atomic mass is 10.1. The number of nitrogens with two attached hydrogens (primary N) is 1. The van der Waals surface area contributed by atoms with E-state index >= 15 is 0 Å². The number of nitrogen functional groups attached to an aromatic ring is 1. The zero-order valence-corrected chi connectivity index (χ0v) is 10.8. The van der Waals surface area contributed by atoms with Gasteiger partial charge in [-0.3, -0.25) is 4.68 Å². The number of nitrogens with zero attached hydrogens (tertiary/aromatic N) is 3. The van der Waals surface area contributed by atoms with Crippen molar-refractivity contribution in [1.82, 2.24) is 14.8 Å². The Labute approximate surface area is 114 Å². The van der Waals surface area contributed by atoms with Gasteiger partial charge in [0.05, 0.1) is 22.8 Å². The number of hydrogen-bond donors (Lipinski definition) is 3. The largest absolute Gasteiger partial charge is 0.478 e. The summed E-state index contributed by atoms with van der Waals surface area (Å²) in [5.74, 6) is -0.572. The Hall–Kier alpha value is -2.28. The summed E-state index contributed by atoms with van der Waals surface area (Å²) < 4.78 is 1.56. The Morgan fingerprint density at radius 3 is 2.89 bits per heavy atom. The number of carboxylic acid groups (broad SMARTS) is 1. The molecule has 0 amide bonds. The standard InChI is InChI=1S/C11H12ClN5O2/c1-17-5-15-9(16-17)4-14-10-7(11(18)19)2-6(13)3-8(10)12/h2-3,5,14H,4,13H2,1H3,(H,18,19). The van der Waals surface area contributed by atoms with Crippen molar-refractivity contribution in [2.24, 2.45) is 7.05 Å². The molecule has 1 aromatic heterocycles. The fourth-order valence-electron chi connectivity index (χ4n) is 1.61. The average Bonchev–Trinajstić information content (AvgIpc) is 2.73. The smallest absolute Gasteiger partial charge is 0.337 e. The summed E-state index contributed by atoms with van der Waals surface area (Å²) in [6.45, 7) is 0.269. The molecule has 1 heterocycles. The number of carboxylic acids is 1. The topological polar surface area (TPSA) is 106 Å². The van der Waals surface area contributed by atoms with E-state index in [2.05, 4.69) is 15.4 Å². The van der Waals surface area contributed by atoms with E-state index in [4.69, 9.17) is 22.4 Å². The van der Waals surface area contributed by atoms with Crippen LogP contribution < -0.4 is 11.1 Å². The maximum absolute atomic E-state index is 11.2. The zero-order chi connectivity index (χ0) is 14.0. The molecule has 0 saturated heterocycles. The van der Waals surface area contributed by atoms with Crippen LogP contribution in [0.3, 0.4) is 0 Å². The van der Waals surface area contributed by atoms with Crippen LogP contribution in [0.2, 0.25) is 5.02 Å². The van der Waals surface area contributed by atoms with Crippen LogP contribution in [0.5, 0.6) is 0 Å². The maximum Gasteiger partial charge on any atom is 0.337 e. The Kier molecular flexibility index (Phi) is 3.57. The number of halogens is 1. The molecule has 0 unspecified atom stereocenters. The molecule has 0 saturated carbocycles. The minimum absolute atomic E-state index is 0.0148. The van der Waals surface area contributed by atoms with E-state index in [1.165, 1.54) is 12.1 Å². The number of aromatic carboxylic acids is 1. The first-order valence-electron chi connectivity index (χ1n) is 5.38. The zero-order valence-electron chi connectivity index (χ0n) is 10.1. The third-order valence-corrected chi connectivity index (χ3v) is 2.71. The summed E-state index contributed by atoms with van der Waals surface area (Å²) in [5, 5.41) is 16.4. The predicted molar refractivity (Wildman–Crippen MR) is 71.2 cm³/mol. The molecule has 0 bridgehead atoms. The quantitative estimate of drug-likeness (QED) is 0.731. The van der Waals surface area contributed by atoms with Crippen LogP contribution in [0.4, 0.5) is 11.4 Å². The Bertz CT molecular complexity index is 626. The minimum atomic E-state index is -1.11. The normalized spacial score (nSPS) is 10.4. The number of nitrogens with one attached hydrogen (secondary N) is 1. The SMILES string of the molecule is Cn1cnc(CNc2c(Cl)cc(N)cc2C(=O)O)n1. The second-order valence-corrected chi connectivity index (χ2v) is 4.33. The van der Waals surface area contributed by atoms with Crippen molar-refractivity contribution in [3.63, 3.8) is 0 Å². The highest BCUT2D eigenvalue weighted by molar-refractivity contribution is 6.34. The first-order chi connectivity index (χ1) is 8.97. The number of aryl methyl sites for hydroxylation is 1. The van der Waals surface area contributed by atoms with Gasteiger partial charge in [-0.05, 0) is 12.1 Å². The molecular formula is C11H12ClN5O2. The van der Waals surface area contributed by atoms with E-state index in [1.54, 1.807) is 18.1 Å². The molecular weight excluding hydrogens is 270 g/mol. The highest BCUT2D eigenvalue weighted by Crippen LogP contribution is 2.29. The number of benzene rings is 1. The van der Waals surface area contributed by atoms with Crippen LogP contribution in [-0.2, 0) is 13.6 Å². The lowest BCUT2D eigenvalue weighted by Gasteiger charge is -2.11. The monoisotopic (exact) mass is 281 g/mol. The maximum atomic E-state index is 11.2. The average molecular weight is 282 g/mol. The third-order valence-electron chi connectivity index (χ3n) is 2.41. The van der Waals surface area contributed by atoms with Gasteiger partial charge in [0, 0.05) is 12.7 Å². The molecule has 4 N–H and O–H groups in total. The van der Waals surface area contributed by atoms with Gasteiger partial charge in [-0.15, -0.1) is 0 Å². The number of aromatic nitrogens is 3. The number of carbonyl (C=O) groups is 1. The molecule has 0 fully saturated rings. The van der Waals surface area contributed by atoms with E-state index in [0.717, 1.165) is 0 Å². The molecule has 7 nitrogen and oxygen atoms in total. The van der Waals surface area contributed by atoms with Crippen molar-refractivity contribution in [1.29, 1.82) is 0 Å². The lowest BCUT2D eigenvalue weighted by molar-refractivity contribution is 0.0698. The van der Waals surface area contributed by atoms with Gasteiger partial charge in [0.2, 0.25) is 0 Å². The van der Waals surface area contributed by atoms with Crippen molar-refractivity contribution in [2.75, 3.05) is 11.1 Å². The van der Waals surface area contributed by atoms with Gasteiger partial charge in [0.25, 0.3) is 0 Å². The van der Waals surface area contributed by atoms with Crippen LogP contribution in [0.25, 0.3) is 0 Å². The molecule has 0 radical (unpaired) electrons. The molecule has 0 aliphatic heterocycles. The van der Waals surface area contributed by atoms with Crippen LogP contribution in [0.1, 0.15) is 16.2 Å². The van der Waals surface area contributed by atoms with Crippen molar-refractivity contribution >= 4 is 28.9 Å². The fraction of sp³-hybridized carbons (Fsp3) is 0.182. The summed E-state index contributed by atoms with van der Waals surface area (Å²) in [5.41, 5.74) is 6.18. The van der Waals surface area contributed by atoms with Gasteiger partial charge in [-0.1, -0.05) is 11.6 Å². The molecule has 0 aliphatic carbocycles. The summed E-state index contributed by atoms with van der Waals surface area (Å²) in [6, 6.07) is 2.84. The molecule has 2 aromatic rings. The third kappa shape index (κ3) is 2.94. The molecule has 100 valence electrons. The van der Waals surface area contributed by atoms with Gasteiger partial charge in [-0.2, -0.15) is 5.10 Å². The van der Waals surface area contributed by atoms with E-state index in [0.29, 0.717) is 17.2 Å². The van der Waals surface area contributed by atoms with Crippen LogP contribution in [0.15, 0.2) is 18.5 Å². The van der Waals surface area contributed by atoms with Crippen LogP contribution in [-0.4, -0.2) is 25.8 Å². The minimum Gasteiger partial charge on any atom is -0.478 e. The second kappa shape index (κ2) is 5.15. The van der Waals surface area contributed by atoms with Crippen molar-refractivity contribution < 1.29 is 9.90 Å². The van der Waals surface area contributed by atoms with Crippen LogP contribution in [0, 0.1) is 0 Å². The first kappa shape index (κ1) is 13.2. The van der Waals surface area contributed by atoms with E-state index in [9.17, 15) is 4.79 Å². The summed E-state index contributed by atoms with van der Waals surface area (Å²) >= 11 is 6.00. The highest BCUT2D eigenvalue weighted by Gasteiger charge is 2.15. The number of rotatable bonds is 4. The van der Waals surface area contributed by atoms with E-state index in [1.807, 2.05) is 0 Å². The Balaban J connectivity index is 2.26. The van der Waals surface area contributed by atoms with Gasteiger partial charge < -0.3 is 16.2 Å². The van der Waals surface area contributed by atoms with Gasteiger partial charge in [-0.25, -0.2) is 9.78 Å². The number of anilines is 2. The first-order valence-corrected chi connectivity index (χ1v) is 5.76. The molecule has 19 heavy (non-hydrogen) atoms. The summed E-state index contributed by atoms with van der Waals surface area (Å²) in [4.78, 5) is 15.2. The van der Waals surface area contributed by atoms with E-state index < -0.39 is 5.97 Å². The van der Waals surface area contributed by atoms with E-state index in [-0.39, 0.29) is 17.1 Å². The molecule has 2 rings (SSSR count). The fourth-order valence-corrected chi connectivity index (χ4v) is 1.90. The van der Waals surface area contributed by atoms with Crippen molar-refractivity contribution in [2.45, 2.75) is 6.54 Å². The van der Waals surface area contributed by atoms with Crippen molar-refractivity contribution in [3.05, 3.63) is 34.9 Å². The van der Waals surface area contributed by atoms with Gasteiger partial charge in [0.15, 0.2) is 5.82 Å². The molecule has 0 atom stereocenters.